The number of aryl methyl sites for hydroxylation is 1. The van der Waals surface area contributed by atoms with Crippen molar-refractivity contribution >= 4 is 31.9 Å². The predicted octanol–water partition coefficient (Wildman–Crippen LogP) is 2.13. The molecule has 0 spiro atoms. The molecule has 0 fully saturated rings. The van der Waals surface area contributed by atoms with Crippen molar-refractivity contribution < 1.29 is 13.3 Å². The first-order valence-electron chi connectivity index (χ1n) is 6.42. The van der Waals surface area contributed by atoms with E-state index in [1.807, 2.05) is 19.9 Å². The Labute approximate surface area is 131 Å². The summed E-state index contributed by atoms with van der Waals surface area (Å²) in [5.74, 6) is 0. The van der Waals surface area contributed by atoms with E-state index in [0.29, 0.717) is 6.42 Å². The van der Waals surface area contributed by atoms with Crippen molar-refractivity contribution in [2.24, 2.45) is 0 Å². The van der Waals surface area contributed by atoms with Crippen LogP contribution in [0.1, 0.15) is 18.3 Å². The average molecular weight is 344 g/mol. The van der Waals surface area contributed by atoms with Crippen molar-refractivity contribution in [3.8, 4) is 0 Å². The largest absolute Gasteiger partial charge is 0.368 e. The van der Waals surface area contributed by atoms with Crippen LogP contribution in [0.2, 0.25) is 0 Å². The monoisotopic (exact) mass is 344 g/mol. The molecule has 0 bridgehead atoms. The second kappa shape index (κ2) is 6.05. The molecule has 120 valence electrons. The Balaban J connectivity index is 2.20. The molecule has 0 unspecified atom stereocenters. The molecule has 0 radical (unpaired) electrons. The number of nitrogens with zero attached hydrogens (tertiary/aromatic N) is 2. The van der Waals surface area contributed by atoms with Gasteiger partial charge in [0, 0.05) is 30.5 Å². The van der Waals surface area contributed by atoms with Gasteiger partial charge in [-0.05, 0) is 19.9 Å². The first-order valence-corrected chi connectivity index (χ1v) is 9.13. The van der Waals surface area contributed by atoms with Gasteiger partial charge in [-0.3, -0.25) is 15.2 Å². The molecule has 2 aromatic rings. The summed E-state index contributed by atoms with van der Waals surface area (Å²) in [5.41, 5.74) is 1.54. The van der Waals surface area contributed by atoms with Crippen LogP contribution in [-0.4, -0.2) is 35.8 Å². The summed E-state index contributed by atoms with van der Waals surface area (Å²) >= 11 is 0.870. The van der Waals surface area contributed by atoms with E-state index < -0.39 is 14.8 Å². The SMILES string of the molecule is Cc1cc(C[C@@H](C)Nc2sc(S(C)(=O)=O)cc2[N+](=O)[O-])n[nH]1. The van der Waals surface area contributed by atoms with E-state index >= 15 is 0 Å². The zero-order chi connectivity index (χ0) is 16.5. The van der Waals surface area contributed by atoms with E-state index in [0.717, 1.165) is 35.0 Å². The number of nitrogens with one attached hydrogen (secondary N) is 2. The van der Waals surface area contributed by atoms with Gasteiger partial charge in [0.2, 0.25) is 0 Å². The molecule has 22 heavy (non-hydrogen) atoms. The fourth-order valence-electron chi connectivity index (χ4n) is 1.95. The third-order valence-corrected chi connectivity index (χ3v) is 5.76. The van der Waals surface area contributed by atoms with E-state index in [9.17, 15) is 18.5 Å². The van der Waals surface area contributed by atoms with Gasteiger partial charge in [0.05, 0.1) is 10.6 Å². The van der Waals surface area contributed by atoms with Gasteiger partial charge in [-0.1, -0.05) is 11.3 Å². The molecule has 0 amide bonds. The predicted molar refractivity (Wildman–Crippen MR) is 84.2 cm³/mol. The van der Waals surface area contributed by atoms with Crippen molar-refractivity contribution in [2.45, 2.75) is 30.5 Å². The average Bonchev–Trinajstić information content (AvgIpc) is 2.95. The number of H-pyrrole nitrogens is 1. The number of aromatic nitrogens is 2. The highest BCUT2D eigenvalue weighted by Gasteiger charge is 2.24. The van der Waals surface area contributed by atoms with E-state index in [1.54, 1.807) is 0 Å². The molecule has 0 aliphatic carbocycles. The van der Waals surface area contributed by atoms with Gasteiger partial charge in [-0.2, -0.15) is 5.10 Å². The van der Waals surface area contributed by atoms with Gasteiger partial charge >= 0.3 is 5.69 Å². The van der Waals surface area contributed by atoms with Crippen LogP contribution >= 0.6 is 11.3 Å². The maximum absolute atomic E-state index is 11.5. The first-order chi connectivity index (χ1) is 10.2. The highest BCUT2D eigenvalue weighted by molar-refractivity contribution is 7.92. The minimum absolute atomic E-state index is 0.0236. The van der Waals surface area contributed by atoms with Crippen LogP contribution < -0.4 is 5.32 Å². The number of anilines is 1. The molecule has 2 heterocycles. The molecule has 8 nitrogen and oxygen atoms in total. The molecular weight excluding hydrogens is 328 g/mol. The van der Waals surface area contributed by atoms with Crippen molar-refractivity contribution in [1.82, 2.24) is 10.2 Å². The number of hydrogen-bond donors (Lipinski definition) is 2. The van der Waals surface area contributed by atoms with Crippen LogP contribution in [0.15, 0.2) is 16.3 Å². The minimum atomic E-state index is -3.47. The molecule has 0 aliphatic heterocycles. The molecule has 0 aromatic carbocycles. The lowest BCUT2D eigenvalue weighted by atomic mass is 10.2. The van der Waals surface area contributed by atoms with Gasteiger partial charge in [-0.15, -0.1) is 0 Å². The second-order valence-electron chi connectivity index (χ2n) is 5.10. The molecular formula is C12H16N4O4S2. The summed E-state index contributed by atoms with van der Waals surface area (Å²) in [6.45, 7) is 3.74. The van der Waals surface area contributed by atoms with Crippen LogP contribution in [0.5, 0.6) is 0 Å². The lowest BCUT2D eigenvalue weighted by molar-refractivity contribution is -0.383. The number of aromatic amines is 1. The van der Waals surface area contributed by atoms with E-state index in [-0.39, 0.29) is 20.9 Å². The van der Waals surface area contributed by atoms with Crippen molar-refractivity contribution in [1.29, 1.82) is 0 Å². The summed E-state index contributed by atoms with van der Waals surface area (Å²) < 4.78 is 23.1. The van der Waals surface area contributed by atoms with Crippen molar-refractivity contribution in [2.75, 3.05) is 11.6 Å². The topological polar surface area (TPSA) is 118 Å². The maximum Gasteiger partial charge on any atom is 0.304 e. The second-order valence-corrected chi connectivity index (χ2v) is 8.40. The lowest BCUT2D eigenvalue weighted by Gasteiger charge is -2.11. The Hall–Kier alpha value is -1.94. The van der Waals surface area contributed by atoms with E-state index in [1.165, 1.54) is 0 Å². The molecule has 0 saturated heterocycles. The summed E-state index contributed by atoms with van der Waals surface area (Å²) in [7, 11) is -3.47. The Morgan fingerprint density at radius 1 is 1.50 bits per heavy atom. The summed E-state index contributed by atoms with van der Waals surface area (Å²) in [6, 6.07) is 2.85. The minimum Gasteiger partial charge on any atom is -0.368 e. The number of nitro groups is 1. The van der Waals surface area contributed by atoms with Crippen LogP contribution in [-0.2, 0) is 16.3 Å². The summed E-state index contributed by atoms with van der Waals surface area (Å²) in [6.07, 6.45) is 1.59. The van der Waals surface area contributed by atoms with E-state index in [4.69, 9.17) is 0 Å². The molecule has 0 saturated carbocycles. The molecule has 2 aromatic heterocycles. The van der Waals surface area contributed by atoms with E-state index in [2.05, 4.69) is 15.5 Å². The Bertz CT molecular complexity index is 794. The van der Waals surface area contributed by atoms with Crippen LogP contribution in [0, 0.1) is 17.0 Å². The Morgan fingerprint density at radius 2 is 2.18 bits per heavy atom. The van der Waals surface area contributed by atoms with Gasteiger partial charge in [0.1, 0.15) is 4.21 Å². The zero-order valence-electron chi connectivity index (χ0n) is 12.3. The standard InChI is InChI=1S/C12H16N4O4S2/c1-7(4-9-5-8(2)14-15-9)13-12-10(16(17)18)6-11(21-12)22(3,19)20/h5-7,13H,4H2,1-3H3,(H,14,15)/t7-/m1/s1. The maximum atomic E-state index is 11.5. The fraction of sp³-hybridized carbons (Fsp3) is 0.417. The first kappa shape index (κ1) is 16.4. The van der Waals surface area contributed by atoms with Crippen LogP contribution in [0.4, 0.5) is 10.7 Å². The zero-order valence-corrected chi connectivity index (χ0v) is 13.9. The van der Waals surface area contributed by atoms with Crippen molar-refractivity contribution in [3.05, 3.63) is 33.6 Å². The highest BCUT2D eigenvalue weighted by Crippen LogP contribution is 2.37. The molecule has 2 N–H and O–H groups in total. The van der Waals surface area contributed by atoms with Gasteiger partial charge < -0.3 is 5.32 Å². The third-order valence-electron chi connectivity index (χ3n) is 2.90. The van der Waals surface area contributed by atoms with Gasteiger partial charge in [-0.25, -0.2) is 8.42 Å². The van der Waals surface area contributed by atoms with Crippen molar-refractivity contribution in [3.63, 3.8) is 0 Å². The van der Waals surface area contributed by atoms with Crippen LogP contribution in [0.3, 0.4) is 0 Å². The number of sulfone groups is 1. The molecule has 0 aliphatic rings. The normalized spacial score (nSPS) is 13.0. The Morgan fingerprint density at radius 3 is 2.68 bits per heavy atom. The number of thiophene rings is 1. The number of hydrogen-bond acceptors (Lipinski definition) is 7. The Kier molecular flexibility index (Phi) is 4.52. The van der Waals surface area contributed by atoms with Crippen LogP contribution in [0.25, 0.3) is 0 Å². The quantitative estimate of drug-likeness (QED) is 0.612. The van der Waals surface area contributed by atoms with Gasteiger partial charge in [0.25, 0.3) is 0 Å². The fourth-order valence-corrected chi connectivity index (χ4v) is 4.00. The summed E-state index contributed by atoms with van der Waals surface area (Å²) in [4.78, 5) is 10.5. The highest BCUT2D eigenvalue weighted by atomic mass is 32.2. The number of rotatable bonds is 6. The third kappa shape index (κ3) is 3.83. The summed E-state index contributed by atoms with van der Waals surface area (Å²) in [5, 5.41) is 21.2. The smallest absolute Gasteiger partial charge is 0.304 e. The lowest BCUT2D eigenvalue weighted by Crippen LogP contribution is -2.18. The molecule has 1 atom stereocenters. The molecule has 2 rings (SSSR count). The molecule has 10 heteroatoms. The van der Waals surface area contributed by atoms with Gasteiger partial charge in [0.15, 0.2) is 14.8 Å².